The van der Waals surface area contributed by atoms with Gasteiger partial charge in [0.05, 0.1) is 5.39 Å². The molecule has 0 aliphatic carbocycles. The maximum Gasteiger partial charge on any atom is 0.359 e. The van der Waals surface area contributed by atoms with Crippen molar-refractivity contribution in [2.45, 2.75) is 0 Å². The molecule has 0 aliphatic rings. The van der Waals surface area contributed by atoms with Crippen LogP contribution in [0.15, 0.2) is 51.7 Å². The van der Waals surface area contributed by atoms with Gasteiger partial charge in [0.15, 0.2) is 22.3 Å². The van der Waals surface area contributed by atoms with Crippen molar-refractivity contribution < 1.29 is 14.3 Å². The summed E-state index contributed by atoms with van der Waals surface area (Å²) in [6.07, 6.45) is 0. The molecule has 0 aliphatic heterocycles. The highest BCUT2D eigenvalue weighted by atomic mass is 35.5. The van der Waals surface area contributed by atoms with Crippen LogP contribution >= 0.6 is 23.2 Å². The van der Waals surface area contributed by atoms with E-state index in [0.29, 0.717) is 16.0 Å². The Morgan fingerprint density at radius 1 is 1.10 bits per heavy atom. The van der Waals surface area contributed by atoms with Crippen molar-refractivity contribution in [3.63, 3.8) is 0 Å². The molecule has 3 rings (SSSR count). The van der Waals surface area contributed by atoms with Gasteiger partial charge in [-0.25, -0.2) is 4.79 Å². The Hall–Kier alpha value is -2.17. The van der Waals surface area contributed by atoms with Crippen LogP contribution in [0.25, 0.3) is 11.0 Å². The van der Waals surface area contributed by atoms with Crippen molar-refractivity contribution in [1.82, 2.24) is 0 Å². The fourth-order valence-corrected chi connectivity index (χ4v) is 2.23. The van der Waals surface area contributed by atoms with Crippen LogP contribution in [0.1, 0.15) is 0 Å². The number of hydrogen-bond acceptors (Lipinski definition) is 4. The lowest BCUT2D eigenvalue weighted by Gasteiger charge is -2.11. The molecule has 1 N–H and O–H groups in total. The van der Waals surface area contributed by atoms with Crippen molar-refractivity contribution >= 4 is 34.2 Å². The average molecular weight is 323 g/mol. The highest BCUT2D eigenvalue weighted by Crippen LogP contribution is 2.38. The number of ether oxygens (including phenoxy) is 1. The first-order valence-corrected chi connectivity index (χ1v) is 6.69. The van der Waals surface area contributed by atoms with E-state index in [1.807, 2.05) is 0 Å². The van der Waals surface area contributed by atoms with Gasteiger partial charge in [-0.05, 0) is 30.3 Å². The first-order valence-electron chi connectivity index (χ1n) is 5.94. The fourth-order valence-electron chi connectivity index (χ4n) is 1.88. The molecule has 0 spiro atoms. The van der Waals surface area contributed by atoms with Gasteiger partial charge in [0.25, 0.3) is 0 Å². The van der Waals surface area contributed by atoms with E-state index in [1.54, 1.807) is 36.4 Å². The number of aromatic hydroxyl groups is 1. The van der Waals surface area contributed by atoms with Gasteiger partial charge >= 0.3 is 5.63 Å². The summed E-state index contributed by atoms with van der Waals surface area (Å²) in [5.74, 6) is 0.190. The molecule has 0 radical (unpaired) electrons. The Kier molecular flexibility index (Phi) is 3.49. The predicted octanol–water partition coefficient (Wildman–Crippen LogP) is 4.60. The van der Waals surface area contributed by atoms with Gasteiger partial charge in [0.2, 0.25) is 0 Å². The molecule has 0 amide bonds. The minimum Gasteiger partial charge on any atom is -0.504 e. The summed E-state index contributed by atoms with van der Waals surface area (Å²) >= 11 is 11.9. The number of hydrogen-bond donors (Lipinski definition) is 1. The molecule has 1 heterocycles. The number of fused-ring (bicyclic) bond motifs is 1. The number of halogens is 2. The Bertz CT molecular complexity index is 886. The van der Waals surface area contributed by atoms with Crippen molar-refractivity contribution in [3.8, 4) is 17.2 Å². The van der Waals surface area contributed by atoms with E-state index in [0.717, 1.165) is 0 Å². The number of para-hydroxylation sites is 2. The van der Waals surface area contributed by atoms with Gasteiger partial charge in [-0.2, -0.15) is 0 Å². The molecule has 0 atom stereocenters. The van der Waals surface area contributed by atoms with E-state index in [-0.39, 0.29) is 22.3 Å². The minimum absolute atomic E-state index is 0.0722. The molecule has 4 nitrogen and oxygen atoms in total. The van der Waals surface area contributed by atoms with Crippen LogP contribution in [0.2, 0.25) is 10.0 Å². The topological polar surface area (TPSA) is 59.7 Å². The molecule has 0 saturated carbocycles. The van der Waals surface area contributed by atoms with Gasteiger partial charge in [0, 0.05) is 5.02 Å². The second kappa shape index (κ2) is 5.31. The molecule has 106 valence electrons. The van der Waals surface area contributed by atoms with Crippen LogP contribution in [0, 0.1) is 0 Å². The molecular formula is C15H8Cl2O4. The second-order valence-electron chi connectivity index (χ2n) is 4.24. The monoisotopic (exact) mass is 322 g/mol. The van der Waals surface area contributed by atoms with Crippen LogP contribution in [-0.2, 0) is 0 Å². The molecule has 0 fully saturated rings. The molecular weight excluding hydrogens is 315 g/mol. The molecule has 6 heteroatoms. The van der Waals surface area contributed by atoms with Crippen molar-refractivity contribution in [3.05, 3.63) is 62.9 Å². The zero-order valence-electron chi connectivity index (χ0n) is 10.5. The summed E-state index contributed by atoms with van der Waals surface area (Å²) in [5.41, 5.74) is -0.434. The standard InChI is InChI=1S/C15H8Cl2O4/c16-8-5-6-11-9(7-8)14(13(17)15(19)21-11)20-12-4-2-1-3-10(12)18/h1-7,18H. The smallest absolute Gasteiger partial charge is 0.359 e. The van der Waals surface area contributed by atoms with E-state index < -0.39 is 5.63 Å². The summed E-state index contributed by atoms with van der Waals surface area (Å²) in [7, 11) is 0. The van der Waals surface area contributed by atoms with E-state index in [9.17, 15) is 9.90 Å². The van der Waals surface area contributed by atoms with Crippen LogP contribution < -0.4 is 10.4 Å². The Morgan fingerprint density at radius 3 is 2.62 bits per heavy atom. The Morgan fingerprint density at radius 2 is 1.86 bits per heavy atom. The lowest BCUT2D eigenvalue weighted by atomic mass is 10.2. The summed E-state index contributed by atoms with van der Waals surface area (Å²) in [6.45, 7) is 0. The lowest BCUT2D eigenvalue weighted by molar-refractivity contribution is 0.411. The first kappa shape index (κ1) is 13.8. The molecule has 0 unspecified atom stereocenters. The molecule has 1 aromatic heterocycles. The van der Waals surface area contributed by atoms with Gasteiger partial charge in [-0.3, -0.25) is 0 Å². The SMILES string of the molecule is O=c1oc2ccc(Cl)cc2c(Oc2ccccc2O)c1Cl. The minimum atomic E-state index is -0.725. The van der Waals surface area contributed by atoms with E-state index in [1.165, 1.54) is 6.07 Å². The highest BCUT2D eigenvalue weighted by molar-refractivity contribution is 6.33. The summed E-state index contributed by atoms with van der Waals surface area (Å²) in [5, 5.41) is 10.4. The van der Waals surface area contributed by atoms with Gasteiger partial charge in [-0.1, -0.05) is 35.3 Å². The van der Waals surface area contributed by atoms with Crippen molar-refractivity contribution in [2.75, 3.05) is 0 Å². The van der Waals surface area contributed by atoms with Gasteiger partial charge in [0.1, 0.15) is 5.58 Å². The molecule has 3 aromatic rings. The van der Waals surface area contributed by atoms with E-state index in [4.69, 9.17) is 32.4 Å². The molecule has 21 heavy (non-hydrogen) atoms. The summed E-state index contributed by atoms with van der Waals surface area (Å²) < 4.78 is 10.7. The number of benzene rings is 2. The highest BCUT2D eigenvalue weighted by Gasteiger charge is 2.16. The lowest BCUT2D eigenvalue weighted by Crippen LogP contribution is -2.02. The third-order valence-electron chi connectivity index (χ3n) is 2.84. The first-order chi connectivity index (χ1) is 10.1. The largest absolute Gasteiger partial charge is 0.504 e. The summed E-state index contributed by atoms with van der Waals surface area (Å²) in [6, 6.07) is 11.1. The second-order valence-corrected chi connectivity index (χ2v) is 5.06. The van der Waals surface area contributed by atoms with Crippen LogP contribution in [0.5, 0.6) is 17.2 Å². The predicted molar refractivity (Wildman–Crippen MR) is 80.7 cm³/mol. The maximum absolute atomic E-state index is 11.7. The summed E-state index contributed by atoms with van der Waals surface area (Å²) in [4.78, 5) is 11.7. The van der Waals surface area contributed by atoms with E-state index in [2.05, 4.69) is 0 Å². The molecule has 0 bridgehead atoms. The van der Waals surface area contributed by atoms with Crippen molar-refractivity contribution in [1.29, 1.82) is 0 Å². The molecule has 0 saturated heterocycles. The third kappa shape index (κ3) is 2.55. The third-order valence-corrected chi connectivity index (χ3v) is 3.41. The van der Waals surface area contributed by atoms with E-state index >= 15 is 0 Å². The zero-order chi connectivity index (χ0) is 15.0. The fraction of sp³-hybridized carbons (Fsp3) is 0. The quantitative estimate of drug-likeness (QED) is 0.700. The normalized spacial score (nSPS) is 10.8. The zero-order valence-corrected chi connectivity index (χ0v) is 12.0. The number of phenols is 1. The average Bonchev–Trinajstić information content (AvgIpc) is 2.46. The Balaban J connectivity index is 2.25. The van der Waals surface area contributed by atoms with Crippen LogP contribution in [0.3, 0.4) is 0 Å². The van der Waals surface area contributed by atoms with Crippen LogP contribution in [0.4, 0.5) is 0 Å². The van der Waals surface area contributed by atoms with Gasteiger partial charge < -0.3 is 14.3 Å². The van der Waals surface area contributed by atoms with Gasteiger partial charge in [-0.15, -0.1) is 0 Å². The van der Waals surface area contributed by atoms with Crippen LogP contribution in [-0.4, -0.2) is 5.11 Å². The maximum atomic E-state index is 11.7. The Labute approximate surface area is 129 Å². The number of phenolic OH excluding ortho intramolecular Hbond substituents is 1. The van der Waals surface area contributed by atoms with Crippen molar-refractivity contribution in [2.24, 2.45) is 0 Å². The molecule has 2 aromatic carbocycles. The number of rotatable bonds is 2.